The number of nitrogens with zero attached hydrogens (tertiary/aromatic N) is 2. The number of likely N-dealkylation sites (N-methyl/N-ethyl adjacent to an activating group) is 1. The monoisotopic (exact) mass is 233 g/mol. The Labute approximate surface area is 102 Å². The van der Waals surface area contributed by atoms with Crippen molar-refractivity contribution in [1.29, 1.82) is 0 Å². The lowest BCUT2D eigenvalue weighted by Crippen LogP contribution is -2.37. The third-order valence-electron chi connectivity index (χ3n) is 3.17. The summed E-state index contributed by atoms with van der Waals surface area (Å²) in [6.07, 6.45) is 2.27. The molecule has 0 saturated carbocycles. The van der Waals surface area contributed by atoms with Gasteiger partial charge in [0, 0.05) is 31.5 Å². The van der Waals surface area contributed by atoms with E-state index >= 15 is 0 Å². The van der Waals surface area contributed by atoms with Gasteiger partial charge in [-0.2, -0.15) is 0 Å². The first-order valence-corrected chi connectivity index (χ1v) is 6.01. The number of carbonyl (C=O) groups is 1. The van der Waals surface area contributed by atoms with Crippen molar-refractivity contribution in [2.24, 2.45) is 0 Å². The number of hydrogen-bond donors (Lipinski definition) is 1. The van der Waals surface area contributed by atoms with Crippen molar-refractivity contribution in [2.75, 3.05) is 37.3 Å². The van der Waals surface area contributed by atoms with Crippen LogP contribution in [0.3, 0.4) is 0 Å². The van der Waals surface area contributed by atoms with Gasteiger partial charge in [-0.1, -0.05) is 0 Å². The Balaban J connectivity index is 1.93. The number of likely N-dealkylation sites (tertiary alicyclic amines) is 1. The summed E-state index contributed by atoms with van der Waals surface area (Å²) in [5.74, 6) is 0.210. The molecule has 1 aliphatic rings. The second kappa shape index (κ2) is 5.08. The van der Waals surface area contributed by atoms with Crippen LogP contribution >= 0.6 is 0 Å². The van der Waals surface area contributed by atoms with Gasteiger partial charge in [0.15, 0.2) is 0 Å². The molecule has 1 amide bonds. The zero-order valence-electron chi connectivity index (χ0n) is 10.2. The molecule has 4 nitrogen and oxygen atoms in total. The maximum atomic E-state index is 12.0. The van der Waals surface area contributed by atoms with Crippen molar-refractivity contribution in [3.05, 3.63) is 24.3 Å². The maximum absolute atomic E-state index is 12.0. The van der Waals surface area contributed by atoms with Crippen LogP contribution < -0.4 is 10.6 Å². The normalized spacial score (nSPS) is 15.0. The lowest BCUT2D eigenvalue weighted by atomic mass is 10.2. The van der Waals surface area contributed by atoms with E-state index in [1.165, 1.54) is 0 Å². The van der Waals surface area contributed by atoms with Crippen LogP contribution in [0.2, 0.25) is 0 Å². The van der Waals surface area contributed by atoms with Crippen molar-refractivity contribution >= 4 is 17.3 Å². The van der Waals surface area contributed by atoms with Gasteiger partial charge in [0.05, 0.1) is 6.54 Å². The van der Waals surface area contributed by atoms with Crippen molar-refractivity contribution in [2.45, 2.75) is 12.8 Å². The third-order valence-corrected chi connectivity index (χ3v) is 3.17. The van der Waals surface area contributed by atoms with Crippen LogP contribution in [-0.4, -0.2) is 37.5 Å². The maximum Gasteiger partial charge on any atom is 0.242 e. The van der Waals surface area contributed by atoms with E-state index in [2.05, 4.69) is 0 Å². The van der Waals surface area contributed by atoms with Crippen LogP contribution in [-0.2, 0) is 4.79 Å². The van der Waals surface area contributed by atoms with Crippen LogP contribution in [0.15, 0.2) is 24.3 Å². The smallest absolute Gasteiger partial charge is 0.242 e. The number of amides is 1. The van der Waals surface area contributed by atoms with Gasteiger partial charge in [-0.3, -0.25) is 4.79 Å². The van der Waals surface area contributed by atoms with Gasteiger partial charge >= 0.3 is 0 Å². The number of anilines is 2. The zero-order valence-corrected chi connectivity index (χ0v) is 10.2. The summed E-state index contributed by atoms with van der Waals surface area (Å²) in [6.45, 7) is 2.26. The standard InChI is InChI=1S/C13H19N3O/c1-15(12-6-4-11(14)5-7-12)10-13(17)16-8-2-3-9-16/h4-7H,2-3,8-10,14H2,1H3. The molecule has 17 heavy (non-hydrogen) atoms. The highest BCUT2D eigenvalue weighted by atomic mass is 16.2. The lowest BCUT2D eigenvalue weighted by molar-refractivity contribution is -0.128. The van der Waals surface area contributed by atoms with E-state index in [9.17, 15) is 4.79 Å². The predicted octanol–water partition coefficient (Wildman–Crippen LogP) is 1.33. The second-order valence-corrected chi connectivity index (χ2v) is 4.54. The summed E-state index contributed by atoms with van der Waals surface area (Å²) < 4.78 is 0. The summed E-state index contributed by atoms with van der Waals surface area (Å²) in [7, 11) is 1.93. The van der Waals surface area contributed by atoms with E-state index < -0.39 is 0 Å². The first kappa shape index (κ1) is 11.8. The van der Waals surface area contributed by atoms with Gasteiger partial charge in [-0.05, 0) is 37.1 Å². The van der Waals surface area contributed by atoms with Crippen molar-refractivity contribution in [3.8, 4) is 0 Å². The van der Waals surface area contributed by atoms with E-state index in [0.29, 0.717) is 6.54 Å². The summed E-state index contributed by atoms with van der Waals surface area (Å²) in [5, 5.41) is 0. The number of benzene rings is 1. The zero-order chi connectivity index (χ0) is 12.3. The van der Waals surface area contributed by atoms with Gasteiger partial charge in [0.25, 0.3) is 0 Å². The largest absolute Gasteiger partial charge is 0.399 e. The molecule has 0 aromatic heterocycles. The number of hydrogen-bond acceptors (Lipinski definition) is 3. The highest BCUT2D eigenvalue weighted by molar-refractivity contribution is 5.81. The van der Waals surface area contributed by atoms with Crippen LogP contribution in [0.25, 0.3) is 0 Å². The molecule has 4 heteroatoms. The fraction of sp³-hybridized carbons (Fsp3) is 0.462. The average Bonchev–Trinajstić information content (AvgIpc) is 2.83. The van der Waals surface area contributed by atoms with E-state index in [-0.39, 0.29) is 5.91 Å². The Morgan fingerprint density at radius 2 is 1.88 bits per heavy atom. The number of carbonyl (C=O) groups excluding carboxylic acids is 1. The van der Waals surface area contributed by atoms with Crippen LogP contribution in [0.4, 0.5) is 11.4 Å². The first-order chi connectivity index (χ1) is 8.16. The van der Waals surface area contributed by atoms with Gasteiger partial charge < -0.3 is 15.5 Å². The highest BCUT2D eigenvalue weighted by Crippen LogP contribution is 2.15. The van der Waals surface area contributed by atoms with Crippen LogP contribution in [0.1, 0.15) is 12.8 Å². The Morgan fingerprint density at radius 3 is 2.47 bits per heavy atom. The molecule has 2 N–H and O–H groups in total. The van der Waals surface area contributed by atoms with Crippen molar-refractivity contribution < 1.29 is 4.79 Å². The molecular weight excluding hydrogens is 214 g/mol. The molecule has 1 saturated heterocycles. The van der Waals surface area contributed by atoms with Gasteiger partial charge in [0.2, 0.25) is 5.91 Å². The highest BCUT2D eigenvalue weighted by Gasteiger charge is 2.19. The number of nitrogens with two attached hydrogens (primary N) is 1. The molecule has 0 radical (unpaired) electrons. The molecule has 1 fully saturated rings. The molecule has 1 aliphatic heterocycles. The fourth-order valence-electron chi connectivity index (χ4n) is 2.09. The van der Waals surface area contributed by atoms with Crippen LogP contribution in [0, 0.1) is 0 Å². The molecule has 0 bridgehead atoms. The van der Waals surface area contributed by atoms with Crippen LogP contribution in [0.5, 0.6) is 0 Å². The van der Waals surface area contributed by atoms with Gasteiger partial charge in [-0.25, -0.2) is 0 Å². The minimum absolute atomic E-state index is 0.210. The van der Waals surface area contributed by atoms with Crippen molar-refractivity contribution in [3.63, 3.8) is 0 Å². The molecule has 1 aromatic carbocycles. The topological polar surface area (TPSA) is 49.6 Å². The molecule has 0 aliphatic carbocycles. The quantitative estimate of drug-likeness (QED) is 0.801. The van der Waals surface area contributed by atoms with E-state index in [0.717, 1.165) is 37.3 Å². The molecule has 1 heterocycles. The Morgan fingerprint density at radius 1 is 1.29 bits per heavy atom. The van der Waals surface area contributed by atoms with E-state index in [1.807, 2.05) is 41.1 Å². The molecular formula is C13H19N3O. The third kappa shape index (κ3) is 2.90. The summed E-state index contributed by atoms with van der Waals surface area (Å²) in [4.78, 5) is 15.9. The Hall–Kier alpha value is -1.71. The Kier molecular flexibility index (Phi) is 3.52. The van der Waals surface area contributed by atoms with E-state index in [1.54, 1.807) is 0 Å². The number of rotatable bonds is 3. The minimum atomic E-state index is 0.210. The SMILES string of the molecule is CN(CC(=O)N1CCCC1)c1ccc(N)cc1. The summed E-state index contributed by atoms with van der Waals surface area (Å²) >= 11 is 0. The fourth-order valence-corrected chi connectivity index (χ4v) is 2.09. The van der Waals surface area contributed by atoms with Crippen molar-refractivity contribution in [1.82, 2.24) is 4.90 Å². The predicted molar refractivity (Wildman–Crippen MR) is 69.9 cm³/mol. The molecule has 0 atom stereocenters. The Bertz CT molecular complexity index is 382. The summed E-state index contributed by atoms with van der Waals surface area (Å²) in [5.41, 5.74) is 7.40. The molecule has 1 aromatic rings. The minimum Gasteiger partial charge on any atom is -0.399 e. The van der Waals surface area contributed by atoms with Gasteiger partial charge in [0.1, 0.15) is 0 Å². The van der Waals surface area contributed by atoms with Gasteiger partial charge in [-0.15, -0.1) is 0 Å². The number of nitrogen functional groups attached to an aromatic ring is 1. The van der Waals surface area contributed by atoms with E-state index in [4.69, 9.17) is 5.73 Å². The summed E-state index contributed by atoms with van der Waals surface area (Å²) in [6, 6.07) is 7.58. The molecule has 92 valence electrons. The first-order valence-electron chi connectivity index (χ1n) is 6.01. The lowest BCUT2D eigenvalue weighted by Gasteiger charge is -2.22. The second-order valence-electron chi connectivity index (χ2n) is 4.54. The molecule has 0 unspecified atom stereocenters. The molecule has 0 spiro atoms. The average molecular weight is 233 g/mol. The molecule has 2 rings (SSSR count).